The third-order valence-electron chi connectivity index (χ3n) is 2.29. The molecule has 4 nitrogen and oxygen atoms in total. The summed E-state index contributed by atoms with van der Waals surface area (Å²) >= 11 is 0. The van der Waals surface area contributed by atoms with Gasteiger partial charge in [0.15, 0.2) is 0 Å². The van der Waals surface area contributed by atoms with E-state index in [4.69, 9.17) is 4.74 Å². The standard InChI is InChI=1S/C9H15NO3/c1-6(11)10-5-4-7-8(12)13-9(7,2)3/h7H,4-5H2,1-3H3,(H,10,11). The Morgan fingerprint density at radius 1 is 1.62 bits per heavy atom. The van der Waals surface area contributed by atoms with Crippen molar-refractivity contribution in [2.45, 2.75) is 32.8 Å². The minimum Gasteiger partial charge on any atom is -0.458 e. The summed E-state index contributed by atoms with van der Waals surface area (Å²) in [7, 11) is 0. The number of carbonyl (C=O) groups is 2. The Morgan fingerprint density at radius 3 is 2.62 bits per heavy atom. The lowest BCUT2D eigenvalue weighted by Crippen LogP contribution is -2.54. The molecule has 1 saturated heterocycles. The lowest BCUT2D eigenvalue weighted by atomic mass is 9.83. The van der Waals surface area contributed by atoms with E-state index in [1.54, 1.807) is 0 Å². The van der Waals surface area contributed by atoms with Crippen LogP contribution in [0.2, 0.25) is 0 Å². The Labute approximate surface area is 77.6 Å². The van der Waals surface area contributed by atoms with Gasteiger partial charge in [0.25, 0.3) is 0 Å². The van der Waals surface area contributed by atoms with Gasteiger partial charge < -0.3 is 10.1 Å². The van der Waals surface area contributed by atoms with Crippen molar-refractivity contribution in [3.8, 4) is 0 Å². The van der Waals surface area contributed by atoms with Gasteiger partial charge in [-0.3, -0.25) is 9.59 Å². The molecule has 0 aromatic heterocycles. The van der Waals surface area contributed by atoms with Crippen molar-refractivity contribution in [2.24, 2.45) is 5.92 Å². The van der Waals surface area contributed by atoms with Gasteiger partial charge in [-0.25, -0.2) is 0 Å². The lowest BCUT2D eigenvalue weighted by molar-refractivity contribution is -0.205. The molecule has 0 spiro atoms. The predicted octanol–water partition coefficient (Wildman–Crippen LogP) is 0.464. The minimum atomic E-state index is -0.352. The van der Waals surface area contributed by atoms with Crippen LogP contribution in [0.1, 0.15) is 27.2 Å². The smallest absolute Gasteiger partial charge is 0.313 e. The van der Waals surface area contributed by atoms with Gasteiger partial charge in [0.1, 0.15) is 5.60 Å². The summed E-state index contributed by atoms with van der Waals surface area (Å²) in [5, 5.41) is 2.66. The maximum atomic E-state index is 11.0. The Morgan fingerprint density at radius 2 is 2.23 bits per heavy atom. The van der Waals surface area contributed by atoms with Gasteiger partial charge in [0.2, 0.25) is 5.91 Å². The SMILES string of the molecule is CC(=O)NCCC1C(=O)OC1(C)C. The molecule has 1 heterocycles. The molecular weight excluding hydrogens is 170 g/mol. The fourth-order valence-corrected chi connectivity index (χ4v) is 1.49. The Hall–Kier alpha value is -1.06. The van der Waals surface area contributed by atoms with E-state index in [2.05, 4.69) is 5.32 Å². The van der Waals surface area contributed by atoms with Crippen molar-refractivity contribution < 1.29 is 14.3 Å². The van der Waals surface area contributed by atoms with Gasteiger partial charge in [-0.2, -0.15) is 0 Å². The average Bonchev–Trinajstić information content (AvgIpc) is 1.96. The minimum absolute atomic E-state index is 0.0644. The Bertz CT molecular complexity index is 235. The van der Waals surface area contributed by atoms with Crippen molar-refractivity contribution in [1.82, 2.24) is 5.32 Å². The van der Waals surface area contributed by atoms with E-state index in [-0.39, 0.29) is 23.4 Å². The Kier molecular flexibility index (Phi) is 2.59. The summed E-state index contributed by atoms with van der Waals surface area (Å²) < 4.78 is 4.94. The van der Waals surface area contributed by atoms with Crippen molar-refractivity contribution in [2.75, 3.05) is 6.54 Å². The summed E-state index contributed by atoms with van der Waals surface area (Å²) in [5.41, 5.74) is -0.352. The van der Waals surface area contributed by atoms with Gasteiger partial charge in [-0.1, -0.05) is 0 Å². The highest BCUT2D eigenvalue weighted by molar-refractivity contribution is 5.80. The fourth-order valence-electron chi connectivity index (χ4n) is 1.49. The third kappa shape index (κ3) is 2.20. The summed E-state index contributed by atoms with van der Waals surface area (Å²) in [5.74, 6) is -0.291. The zero-order valence-corrected chi connectivity index (χ0v) is 8.22. The molecule has 13 heavy (non-hydrogen) atoms. The lowest BCUT2D eigenvalue weighted by Gasteiger charge is -2.42. The molecule has 0 saturated carbocycles. The predicted molar refractivity (Wildman–Crippen MR) is 47.0 cm³/mol. The molecule has 74 valence electrons. The van der Waals surface area contributed by atoms with E-state index in [1.165, 1.54) is 6.92 Å². The average molecular weight is 185 g/mol. The maximum Gasteiger partial charge on any atom is 0.313 e. The van der Waals surface area contributed by atoms with E-state index in [0.29, 0.717) is 13.0 Å². The molecule has 1 amide bonds. The number of nitrogens with one attached hydrogen (secondary N) is 1. The van der Waals surface area contributed by atoms with Crippen LogP contribution in [0.15, 0.2) is 0 Å². The van der Waals surface area contributed by atoms with E-state index in [9.17, 15) is 9.59 Å². The second-order valence-electron chi connectivity index (χ2n) is 3.85. The molecule has 0 aromatic rings. The molecule has 0 aliphatic carbocycles. The maximum absolute atomic E-state index is 11.0. The Balaban J connectivity index is 2.29. The van der Waals surface area contributed by atoms with E-state index in [1.807, 2.05) is 13.8 Å². The molecule has 1 unspecified atom stereocenters. The van der Waals surface area contributed by atoms with Crippen LogP contribution < -0.4 is 5.32 Å². The van der Waals surface area contributed by atoms with Crippen molar-refractivity contribution in [3.63, 3.8) is 0 Å². The van der Waals surface area contributed by atoms with Crippen LogP contribution in [-0.2, 0) is 14.3 Å². The normalized spacial score (nSPS) is 24.5. The first-order valence-electron chi connectivity index (χ1n) is 4.41. The molecule has 0 radical (unpaired) electrons. The van der Waals surface area contributed by atoms with E-state index in [0.717, 1.165) is 0 Å². The number of cyclic esters (lactones) is 1. The van der Waals surface area contributed by atoms with Crippen LogP contribution in [0.25, 0.3) is 0 Å². The molecular formula is C9H15NO3. The first-order chi connectivity index (χ1) is 5.93. The monoisotopic (exact) mass is 185 g/mol. The highest BCUT2D eigenvalue weighted by Crippen LogP contribution is 2.35. The molecule has 0 bridgehead atoms. The van der Waals surface area contributed by atoms with Gasteiger partial charge >= 0.3 is 5.97 Å². The second-order valence-corrected chi connectivity index (χ2v) is 3.85. The van der Waals surface area contributed by atoms with Gasteiger partial charge in [-0.05, 0) is 20.3 Å². The largest absolute Gasteiger partial charge is 0.458 e. The van der Waals surface area contributed by atoms with Crippen molar-refractivity contribution in [3.05, 3.63) is 0 Å². The zero-order valence-electron chi connectivity index (χ0n) is 8.22. The van der Waals surface area contributed by atoms with Gasteiger partial charge in [-0.15, -0.1) is 0 Å². The van der Waals surface area contributed by atoms with Crippen LogP contribution in [0.5, 0.6) is 0 Å². The van der Waals surface area contributed by atoms with Crippen LogP contribution in [0, 0.1) is 5.92 Å². The fraction of sp³-hybridized carbons (Fsp3) is 0.778. The number of carbonyl (C=O) groups excluding carboxylic acids is 2. The number of esters is 1. The number of amides is 1. The molecule has 1 rings (SSSR count). The van der Waals surface area contributed by atoms with Crippen LogP contribution >= 0.6 is 0 Å². The van der Waals surface area contributed by atoms with E-state index >= 15 is 0 Å². The highest BCUT2D eigenvalue weighted by atomic mass is 16.6. The topological polar surface area (TPSA) is 55.4 Å². The van der Waals surface area contributed by atoms with Gasteiger partial charge in [0, 0.05) is 13.5 Å². The highest BCUT2D eigenvalue weighted by Gasteiger charge is 2.48. The van der Waals surface area contributed by atoms with Crippen LogP contribution in [0.4, 0.5) is 0 Å². The number of hydrogen-bond donors (Lipinski definition) is 1. The summed E-state index contributed by atoms with van der Waals surface area (Å²) in [6, 6.07) is 0. The quantitative estimate of drug-likeness (QED) is 0.650. The number of ether oxygens (including phenoxy) is 1. The summed E-state index contributed by atoms with van der Waals surface area (Å²) in [6.07, 6.45) is 0.658. The second kappa shape index (κ2) is 3.36. The molecule has 1 aliphatic heterocycles. The first-order valence-corrected chi connectivity index (χ1v) is 4.41. The molecule has 1 N–H and O–H groups in total. The molecule has 0 aromatic carbocycles. The zero-order chi connectivity index (χ0) is 10.1. The molecule has 1 aliphatic rings. The van der Waals surface area contributed by atoms with E-state index < -0.39 is 0 Å². The number of hydrogen-bond acceptors (Lipinski definition) is 3. The molecule has 4 heteroatoms. The van der Waals surface area contributed by atoms with Gasteiger partial charge in [0.05, 0.1) is 5.92 Å². The van der Waals surface area contributed by atoms with Crippen LogP contribution in [-0.4, -0.2) is 24.0 Å². The summed E-state index contributed by atoms with van der Waals surface area (Å²) in [4.78, 5) is 21.5. The first kappa shape index (κ1) is 10.0. The van der Waals surface area contributed by atoms with Crippen molar-refractivity contribution in [1.29, 1.82) is 0 Å². The van der Waals surface area contributed by atoms with Crippen LogP contribution in [0.3, 0.4) is 0 Å². The third-order valence-corrected chi connectivity index (χ3v) is 2.29. The molecule has 1 atom stereocenters. The number of rotatable bonds is 3. The molecule has 1 fully saturated rings. The summed E-state index contributed by atoms with van der Waals surface area (Å²) in [6.45, 7) is 5.77. The van der Waals surface area contributed by atoms with Crippen molar-refractivity contribution >= 4 is 11.9 Å².